The fourth-order valence-corrected chi connectivity index (χ4v) is 3.65. The highest BCUT2D eigenvalue weighted by atomic mass is 32.2. The molecule has 24 heavy (non-hydrogen) atoms. The van der Waals surface area contributed by atoms with Crippen molar-refractivity contribution in [2.75, 3.05) is 0 Å². The van der Waals surface area contributed by atoms with Crippen molar-refractivity contribution in [3.63, 3.8) is 0 Å². The zero-order chi connectivity index (χ0) is 16.7. The highest BCUT2D eigenvalue weighted by Gasteiger charge is 2.21. The summed E-state index contributed by atoms with van der Waals surface area (Å²) < 4.78 is 26.6. The Morgan fingerprint density at radius 2 is 1.92 bits per heavy atom. The predicted octanol–water partition coefficient (Wildman–Crippen LogP) is 0.940. The molecule has 0 saturated heterocycles. The topological polar surface area (TPSA) is 110 Å². The van der Waals surface area contributed by atoms with E-state index in [0.29, 0.717) is 5.52 Å². The zero-order valence-electron chi connectivity index (χ0n) is 12.2. The quantitative estimate of drug-likeness (QED) is 0.594. The number of pyridine rings is 1. The van der Waals surface area contributed by atoms with Gasteiger partial charge in [-0.3, -0.25) is 9.20 Å². The molecule has 3 heterocycles. The first-order valence-corrected chi connectivity index (χ1v) is 8.70. The molecule has 0 aliphatic carbocycles. The number of hydrogen-bond donors (Lipinski definition) is 1. The minimum Gasteiger partial charge on any atom is -0.324 e. The maximum atomic E-state index is 12.6. The summed E-state index contributed by atoms with van der Waals surface area (Å²) in [7, 11) is -3.73. The standard InChI is InChI=1S/C15H11N5O3S/c21-15-14-19-18-12(20(14)8-7-16-15)9-24(22,23)13-6-5-10-3-1-2-4-11(10)17-13/h1-8H,9H2,(H,16,21). The second kappa shape index (κ2) is 5.24. The van der Waals surface area contributed by atoms with Crippen molar-refractivity contribution in [1.29, 1.82) is 0 Å². The third kappa shape index (κ3) is 2.35. The number of hydrogen-bond acceptors (Lipinski definition) is 6. The molecule has 0 amide bonds. The number of benzene rings is 1. The number of aromatic nitrogens is 5. The normalized spacial score (nSPS) is 12.0. The molecule has 0 aliphatic heterocycles. The summed E-state index contributed by atoms with van der Waals surface area (Å²) in [5.41, 5.74) is 0.216. The molecule has 3 aromatic heterocycles. The SMILES string of the molecule is O=c1[nH]ccn2c(CS(=O)(=O)c3ccc4ccccc4n3)nnc12. The van der Waals surface area contributed by atoms with Crippen LogP contribution in [0, 0.1) is 0 Å². The minimum atomic E-state index is -3.73. The molecule has 8 nitrogen and oxygen atoms in total. The molecule has 0 spiro atoms. The lowest BCUT2D eigenvalue weighted by Gasteiger charge is -2.04. The number of H-pyrrole nitrogens is 1. The highest BCUT2D eigenvalue weighted by molar-refractivity contribution is 7.90. The van der Waals surface area contributed by atoms with E-state index >= 15 is 0 Å². The average Bonchev–Trinajstić information content (AvgIpc) is 2.98. The molecule has 9 heteroatoms. The van der Waals surface area contributed by atoms with Crippen LogP contribution in [0.3, 0.4) is 0 Å². The molecule has 4 rings (SSSR count). The van der Waals surface area contributed by atoms with Gasteiger partial charge in [0.25, 0.3) is 5.56 Å². The van der Waals surface area contributed by atoms with Crippen molar-refractivity contribution in [2.24, 2.45) is 0 Å². The van der Waals surface area contributed by atoms with Crippen LogP contribution in [0.5, 0.6) is 0 Å². The van der Waals surface area contributed by atoms with Crippen LogP contribution in [0.15, 0.2) is 58.6 Å². The smallest absolute Gasteiger partial charge is 0.293 e. The fraction of sp³-hybridized carbons (Fsp3) is 0.0667. The molecular formula is C15H11N5O3S. The first-order valence-electron chi connectivity index (χ1n) is 7.04. The van der Waals surface area contributed by atoms with Crippen LogP contribution in [-0.2, 0) is 15.6 Å². The monoisotopic (exact) mass is 341 g/mol. The van der Waals surface area contributed by atoms with Crippen LogP contribution < -0.4 is 5.56 Å². The number of rotatable bonds is 3. The number of nitrogens with zero attached hydrogens (tertiary/aromatic N) is 4. The van der Waals surface area contributed by atoms with Gasteiger partial charge in [0.2, 0.25) is 15.5 Å². The Morgan fingerprint density at radius 3 is 2.79 bits per heavy atom. The number of aromatic amines is 1. The molecule has 0 fully saturated rings. The summed E-state index contributed by atoms with van der Waals surface area (Å²) in [6.45, 7) is 0. The second-order valence-corrected chi connectivity index (χ2v) is 7.14. The van der Waals surface area contributed by atoms with Crippen LogP contribution in [0.1, 0.15) is 5.82 Å². The Kier molecular flexibility index (Phi) is 3.17. The van der Waals surface area contributed by atoms with Gasteiger partial charge in [-0.2, -0.15) is 0 Å². The number of para-hydroxylation sites is 1. The Morgan fingerprint density at radius 1 is 1.08 bits per heavy atom. The summed E-state index contributed by atoms with van der Waals surface area (Å²) in [5, 5.41) is 8.36. The van der Waals surface area contributed by atoms with Crippen molar-refractivity contribution < 1.29 is 8.42 Å². The van der Waals surface area contributed by atoms with Crippen molar-refractivity contribution in [1.82, 2.24) is 24.6 Å². The van der Waals surface area contributed by atoms with Gasteiger partial charge in [0.1, 0.15) is 5.75 Å². The van der Waals surface area contributed by atoms with Gasteiger partial charge >= 0.3 is 0 Å². The lowest BCUT2D eigenvalue weighted by Crippen LogP contribution is -2.12. The van der Waals surface area contributed by atoms with Gasteiger partial charge in [0.05, 0.1) is 5.52 Å². The Labute approximate surface area is 135 Å². The van der Waals surface area contributed by atoms with Gasteiger partial charge in [-0.1, -0.05) is 18.2 Å². The average molecular weight is 341 g/mol. The fourth-order valence-electron chi connectivity index (χ4n) is 2.45. The lowest BCUT2D eigenvalue weighted by molar-refractivity contribution is 0.590. The van der Waals surface area contributed by atoms with Crippen LogP contribution >= 0.6 is 0 Å². The Hall–Kier alpha value is -3.07. The van der Waals surface area contributed by atoms with Gasteiger partial charge in [-0.15, -0.1) is 10.2 Å². The van der Waals surface area contributed by atoms with E-state index in [1.165, 1.54) is 22.9 Å². The number of fused-ring (bicyclic) bond motifs is 2. The molecule has 0 bridgehead atoms. The van der Waals surface area contributed by atoms with Gasteiger partial charge in [0, 0.05) is 17.8 Å². The number of nitrogens with one attached hydrogen (secondary N) is 1. The van der Waals surface area contributed by atoms with Crippen molar-refractivity contribution in [3.05, 3.63) is 65.0 Å². The van der Waals surface area contributed by atoms with E-state index in [0.717, 1.165) is 5.39 Å². The summed E-state index contributed by atoms with van der Waals surface area (Å²) in [5.74, 6) is -0.241. The van der Waals surface area contributed by atoms with Gasteiger partial charge in [-0.25, -0.2) is 13.4 Å². The molecule has 1 N–H and O–H groups in total. The van der Waals surface area contributed by atoms with Crippen LogP contribution in [0.2, 0.25) is 0 Å². The van der Waals surface area contributed by atoms with E-state index < -0.39 is 21.1 Å². The van der Waals surface area contributed by atoms with E-state index in [1.807, 2.05) is 12.1 Å². The molecule has 0 unspecified atom stereocenters. The van der Waals surface area contributed by atoms with E-state index in [2.05, 4.69) is 20.2 Å². The van der Waals surface area contributed by atoms with Crippen LogP contribution in [0.25, 0.3) is 16.6 Å². The largest absolute Gasteiger partial charge is 0.324 e. The molecule has 0 aliphatic rings. The molecule has 0 radical (unpaired) electrons. The first-order chi connectivity index (χ1) is 11.5. The van der Waals surface area contributed by atoms with Gasteiger partial charge in [-0.05, 0) is 18.2 Å². The molecule has 1 aromatic carbocycles. The summed E-state index contributed by atoms with van der Waals surface area (Å²) >= 11 is 0. The van der Waals surface area contributed by atoms with Crippen molar-refractivity contribution >= 4 is 26.4 Å². The van der Waals surface area contributed by atoms with E-state index in [9.17, 15) is 13.2 Å². The van der Waals surface area contributed by atoms with Gasteiger partial charge in [0.15, 0.2) is 10.9 Å². The third-order valence-electron chi connectivity index (χ3n) is 3.62. The number of sulfone groups is 1. The summed E-state index contributed by atoms with van der Waals surface area (Å²) in [4.78, 5) is 18.3. The highest BCUT2D eigenvalue weighted by Crippen LogP contribution is 2.18. The molecule has 0 saturated carbocycles. The first kappa shape index (κ1) is 14.5. The maximum absolute atomic E-state index is 12.6. The minimum absolute atomic E-state index is 0.0391. The Bertz CT molecular complexity index is 1230. The summed E-state index contributed by atoms with van der Waals surface area (Å²) in [6, 6.07) is 10.4. The van der Waals surface area contributed by atoms with E-state index in [1.54, 1.807) is 18.2 Å². The van der Waals surface area contributed by atoms with Gasteiger partial charge < -0.3 is 4.98 Å². The maximum Gasteiger partial charge on any atom is 0.293 e. The molecular weight excluding hydrogens is 330 g/mol. The van der Waals surface area contributed by atoms with Crippen molar-refractivity contribution in [2.45, 2.75) is 10.8 Å². The molecule has 0 atom stereocenters. The third-order valence-corrected chi connectivity index (χ3v) is 5.12. The second-order valence-electron chi connectivity index (χ2n) is 5.20. The zero-order valence-corrected chi connectivity index (χ0v) is 13.1. The van der Waals surface area contributed by atoms with Crippen LogP contribution in [0.4, 0.5) is 0 Å². The Balaban J connectivity index is 1.78. The van der Waals surface area contributed by atoms with E-state index in [4.69, 9.17) is 0 Å². The molecule has 120 valence electrons. The summed E-state index contributed by atoms with van der Waals surface area (Å²) in [6.07, 6.45) is 2.92. The predicted molar refractivity (Wildman–Crippen MR) is 86.2 cm³/mol. The van der Waals surface area contributed by atoms with E-state index in [-0.39, 0.29) is 16.5 Å². The molecule has 4 aromatic rings. The van der Waals surface area contributed by atoms with Crippen molar-refractivity contribution in [3.8, 4) is 0 Å². The lowest BCUT2D eigenvalue weighted by atomic mass is 10.2. The van der Waals surface area contributed by atoms with Crippen LogP contribution in [-0.4, -0.2) is 33.0 Å².